The molecule has 1 aliphatic carbocycles. The summed E-state index contributed by atoms with van der Waals surface area (Å²) >= 11 is 0. The summed E-state index contributed by atoms with van der Waals surface area (Å²) in [5.41, 5.74) is 5.59. The highest BCUT2D eigenvalue weighted by Gasteiger charge is 2.41. The number of para-hydroxylation sites is 1. The number of fused-ring (bicyclic) bond motifs is 7. The molecule has 0 amide bonds. The second-order valence-corrected chi connectivity index (χ2v) is 7.40. The maximum atomic E-state index is 9.44. The fourth-order valence-corrected chi connectivity index (χ4v) is 5.26. The van der Waals surface area contributed by atoms with Crippen molar-refractivity contribution in [1.82, 2.24) is 9.88 Å². The van der Waals surface area contributed by atoms with Crippen molar-refractivity contribution in [3.8, 4) is 0 Å². The zero-order chi connectivity index (χ0) is 15.4. The van der Waals surface area contributed by atoms with Gasteiger partial charge in [-0.25, -0.2) is 0 Å². The van der Waals surface area contributed by atoms with Gasteiger partial charge in [-0.2, -0.15) is 0 Å². The topological polar surface area (TPSA) is 39.3 Å². The van der Waals surface area contributed by atoms with Crippen molar-refractivity contribution >= 4 is 10.9 Å². The van der Waals surface area contributed by atoms with Crippen molar-refractivity contribution in [2.24, 2.45) is 5.92 Å². The van der Waals surface area contributed by atoms with Gasteiger partial charge < -0.3 is 10.1 Å². The van der Waals surface area contributed by atoms with Crippen molar-refractivity contribution < 1.29 is 5.11 Å². The van der Waals surface area contributed by atoms with Crippen LogP contribution < -0.4 is 0 Å². The van der Waals surface area contributed by atoms with Crippen molar-refractivity contribution in [3.63, 3.8) is 0 Å². The fraction of sp³-hybridized carbons (Fsp3) is 0.500. The number of aromatic nitrogens is 1. The van der Waals surface area contributed by atoms with Gasteiger partial charge in [0.1, 0.15) is 0 Å². The highest BCUT2D eigenvalue weighted by atomic mass is 16.3. The molecule has 23 heavy (non-hydrogen) atoms. The Bertz CT molecular complexity index is 775. The van der Waals surface area contributed by atoms with E-state index in [0.29, 0.717) is 18.0 Å². The van der Waals surface area contributed by atoms with E-state index in [2.05, 4.69) is 40.2 Å². The molecule has 1 aromatic heterocycles. The molecule has 2 N–H and O–H groups in total. The second-order valence-electron chi connectivity index (χ2n) is 7.40. The van der Waals surface area contributed by atoms with Crippen LogP contribution in [0.2, 0.25) is 0 Å². The normalized spacial score (nSPS) is 30.5. The van der Waals surface area contributed by atoms with Gasteiger partial charge in [0.05, 0.1) is 12.6 Å². The number of piperidine rings is 1. The maximum absolute atomic E-state index is 9.44. The monoisotopic (exact) mass is 308 g/mol. The summed E-state index contributed by atoms with van der Waals surface area (Å²) < 4.78 is 0. The molecule has 3 atom stereocenters. The fourth-order valence-electron chi connectivity index (χ4n) is 5.26. The average molecular weight is 308 g/mol. The third-order valence-electron chi connectivity index (χ3n) is 6.31. The van der Waals surface area contributed by atoms with Crippen molar-refractivity contribution in [2.75, 3.05) is 13.2 Å². The molecule has 0 bridgehead atoms. The first-order valence-electron chi connectivity index (χ1n) is 9.01. The van der Waals surface area contributed by atoms with Gasteiger partial charge in [-0.15, -0.1) is 0 Å². The van der Waals surface area contributed by atoms with Gasteiger partial charge in [0.15, 0.2) is 0 Å². The lowest BCUT2D eigenvalue weighted by atomic mass is 9.75. The van der Waals surface area contributed by atoms with Gasteiger partial charge in [-0.05, 0) is 55.2 Å². The van der Waals surface area contributed by atoms with Crippen LogP contribution in [-0.2, 0) is 6.42 Å². The van der Waals surface area contributed by atoms with Crippen molar-refractivity contribution in [3.05, 3.63) is 47.2 Å². The zero-order valence-electron chi connectivity index (χ0n) is 13.5. The molecule has 3 nitrogen and oxygen atoms in total. The van der Waals surface area contributed by atoms with E-state index >= 15 is 0 Å². The Morgan fingerprint density at radius 1 is 1.13 bits per heavy atom. The number of rotatable bonds is 1. The minimum Gasteiger partial charge on any atom is -0.392 e. The Kier molecular flexibility index (Phi) is 3.14. The van der Waals surface area contributed by atoms with E-state index < -0.39 is 0 Å². The Hall–Kier alpha value is -1.58. The van der Waals surface area contributed by atoms with E-state index in [1.54, 1.807) is 5.56 Å². The van der Waals surface area contributed by atoms with Crippen LogP contribution in [0.25, 0.3) is 10.9 Å². The van der Waals surface area contributed by atoms with E-state index in [0.717, 1.165) is 12.8 Å². The lowest BCUT2D eigenvalue weighted by Crippen LogP contribution is -2.50. The molecule has 2 aliphatic heterocycles. The highest BCUT2D eigenvalue weighted by molar-refractivity contribution is 5.85. The summed E-state index contributed by atoms with van der Waals surface area (Å²) in [6.07, 6.45) is 8.31. The minimum absolute atomic E-state index is 0.249. The summed E-state index contributed by atoms with van der Waals surface area (Å²) in [5, 5.41) is 10.9. The number of benzene rings is 1. The van der Waals surface area contributed by atoms with E-state index in [9.17, 15) is 5.11 Å². The lowest BCUT2D eigenvalue weighted by Gasteiger charge is -2.49. The number of aliphatic hydroxyl groups excluding tert-OH is 1. The standard InChI is InChI=1S/C20H24N2O/c23-12-13-5-7-18-14(11-13)6-8-19-20-16(9-10-22(18)19)15-3-1-2-4-17(15)21-20/h1-4,11,14,18-19,21,23H,5-10,12H2/t14-,18+,19+/m1/s1. The quantitative estimate of drug-likeness (QED) is 0.791. The lowest BCUT2D eigenvalue weighted by molar-refractivity contribution is 0.0357. The molecule has 0 spiro atoms. The summed E-state index contributed by atoms with van der Waals surface area (Å²) in [5.74, 6) is 0.646. The molecule has 0 saturated carbocycles. The van der Waals surface area contributed by atoms with Gasteiger partial charge >= 0.3 is 0 Å². The molecule has 0 unspecified atom stereocenters. The molecule has 120 valence electrons. The molecule has 1 aromatic carbocycles. The molecular weight excluding hydrogens is 284 g/mol. The summed E-state index contributed by atoms with van der Waals surface area (Å²) in [6.45, 7) is 1.43. The molecule has 3 heterocycles. The molecule has 5 rings (SSSR count). The first-order chi connectivity index (χ1) is 11.3. The summed E-state index contributed by atoms with van der Waals surface area (Å²) in [4.78, 5) is 6.49. The Balaban J connectivity index is 1.52. The van der Waals surface area contributed by atoms with E-state index in [1.807, 2.05) is 0 Å². The molecule has 0 radical (unpaired) electrons. The predicted molar refractivity (Wildman–Crippen MR) is 92.4 cm³/mol. The van der Waals surface area contributed by atoms with Gasteiger partial charge in [-0.3, -0.25) is 4.90 Å². The number of aliphatic hydroxyl groups is 1. The Labute approximate surface area is 137 Å². The van der Waals surface area contributed by atoms with Crippen LogP contribution >= 0.6 is 0 Å². The molecule has 1 fully saturated rings. The molecule has 3 aliphatic rings. The first-order valence-corrected chi connectivity index (χ1v) is 9.01. The van der Waals surface area contributed by atoms with Crippen LogP contribution in [-0.4, -0.2) is 34.2 Å². The van der Waals surface area contributed by atoms with Crippen LogP contribution in [0, 0.1) is 5.92 Å². The van der Waals surface area contributed by atoms with E-state index in [4.69, 9.17) is 0 Å². The van der Waals surface area contributed by atoms with Gasteiger partial charge in [-0.1, -0.05) is 24.3 Å². The number of aromatic amines is 1. The van der Waals surface area contributed by atoms with Crippen LogP contribution in [0.4, 0.5) is 0 Å². The van der Waals surface area contributed by atoms with Crippen molar-refractivity contribution in [1.29, 1.82) is 0 Å². The number of H-pyrrole nitrogens is 1. The first kappa shape index (κ1) is 13.8. The summed E-state index contributed by atoms with van der Waals surface area (Å²) in [7, 11) is 0. The van der Waals surface area contributed by atoms with Crippen molar-refractivity contribution in [2.45, 2.75) is 44.2 Å². The van der Waals surface area contributed by atoms with Gasteiger partial charge in [0.25, 0.3) is 0 Å². The van der Waals surface area contributed by atoms with Gasteiger partial charge in [0, 0.05) is 29.2 Å². The van der Waals surface area contributed by atoms with Gasteiger partial charge in [0.2, 0.25) is 0 Å². The number of nitrogens with zero attached hydrogens (tertiary/aromatic N) is 1. The van der Waals surface area contributed by atoms with Crippen LogP contribution in [0.15, 0.2) is 35.9 Å². The number of nitrogens with one attached hydrogen (secondary N) is 1. The van der Waals surface area contributed by atoms with E-state index in [-0.39, 0.29) is 6.61 Å². The van der Waals surface area contributed by atoms with E-state index in [1.165, 1.54) is 48.0 Å². The summed E-state index contributed by atoms with van der Waals surface area (Å²) in [6, 6.07) is 9.99. The van der Waals surface area contributed by atoms with Crippen LogP contribution in [0.1, 0.15) is 43.0 Å². The minimum atomic E-state index is 0.249. The SMILES string of the molecule is OCC1=C[C@H]2CC[C@H]3c4[nH]c5ccccc5c4CCN3[C@H]2CC1. The number of hydrogen-bond acceptors (Lipinski definition) is 2. The Morgan fingerprint density at radius 3 is 2.96 bits per heavy atom. The largest absolute Gasteiger partial charge is 0.392 e. The Morgan fingerprint density at radius 2 is 2.04 bits per heavy atom. The third-order valence-corrected chi connectivity index (χ3v) is 6.31. The molecule has 3 heteroatoms. The highest BCUT2D eigenvalue weighted by Crippen LogP contribution is 2.46. The van der Waals surface area contributed by atoms with Crippen LogP contribution in [0.3, 0.4) is 0 Å². The molecule has 1 saturated heterocycles. The van der Waals surface area contributed by atoms with Crippen LogP contribution in [0.5, 0.6) is 0 Å². The molecule has 2 aromatic rings. The smallest absolute Gasteiger partial charge is 0.0641 e. The maximum Gasteiger partial charge on any atom is 0.0641 e. The predicted octanol–water partition coefficient (Wildman–Crippen LogP) is 3.56. The number of hydrogen-bond donors (Lipinski definition) is 2. The molecular formula is C20H24N2O. The second kappa shape index (κ2) is 5.22. The average Bonchev–Trinajstić information content (AvgIpc) is 2.99. The zero-order valence-corrected chi connectivity index (χ0v) is 13.5. The third kappa shape index (κ3) is 2.03.